The molecule has 0 N–H and O–H groups in total. The highest BCUT2D eigenvalue weighted by Gasteiger charge is 2.48. The maximum Gasteiger partial charge on any atom is 0.247 e. The maximum atomic E-state index is 13.2. The van der Waals surface area contributed by atoms with Gasteiger partial charge in [-0.1, -0.05) is 12.1 Å². The molecule has 1 aromatic carbocycles. The molecule has 1 fully saturated rings. The van der Waals surface area contributed by atoms with Gasteiger partial charge in [0.2, 0.25) is 10.0 Å². The summed E-state index contributed by atoms with van der Waals surface area (Å²) in [5.74, 6) is 0.462. The molecule has 0 aliphatic carbocycles. The van der Waals surface area contributed by atoms with Gasteiger partial charge in [-0.3, -0.25) is 9.58 Å². The topological polar surface area (TPSA) is 67.7 Å². The number of benzene rings is 1. The third-order valence-corrected chi connectivity index (χ3v) is 7.40. The number of nitrogens with zero attached hydrogens (tertiary/aromatic N) is 4. The number of hydrogen-bond donors (Lipinski definition) is 0. The molecule has 8 heteroatoms. The van der Waals surface area contributed by atoms with E-state index in [9.17, 15) is 8.42 Å². The Morgan fingerprint density at radius 2 is 2.04 bits per heavy atom. The Kier molecular flexibility index (Phi) is 4.52. The number of hydrogen-bond acceptors (Lipinski definition) is 5. The molecular weight excluding hydrogens is 364 g/mol. The van der Waals surface area contributed by atoms with Gasteiger partial charge in [0, 0.05) is 50.9 Å². The van der Waals surface area contributed by atoms with Crippen LogP contribution >= 0.6 is 0 Å². The van der Waals surface area contributed by atoms with Gasteiger partial charge in [0.1, 0.15) is 16.2 Å². The summed E-state index contributed by atoms with van der Waals surface area (Å²) in [7, 11) is -1.67. The van der Waals surface area contributed by atoms with Gasteiger partial charge in [-0.15, -0.1) is 0 Å². The zero-order chi connectivity index (χ0) is 19.2. The summed E-state index contributed by atoms with van der Waals surface area (Å²) in [5, 5.41) is 4.23. The predicted octanol–water partition coefficient (Wildman–Crippen LogP) is 1.86. The lowest BCUT2D eigenvalue weighted by Gasteiger charge is -2.33. The quantitative estimate of drug-likeness (QED) is 0.800. The molecule has 2 aromatic rings. The summed E-state index contributed by atoms with van der Waals surface area (Å²) < 4.78 is 36.2. The van der Waals surface area contributed by atoms with Crippen molar-refractivity contribution < 1.29 is 13.2 Å². The largest absolute Gasteiger partial charge is 0.483 e. The van der Waals surface area contributed by atoms with E-state index in [1.54, 1.807) is 27.2 Å². The molecule has 3 heterocycles. The van der Waals surface area contributed by atoms with E-state index in [4.69, 9.17) is 4.74 Å². The first kappa shape index (κ1) is 18.5. The first-order valence-electron chi connectivity index (χ1n) is 9.29. The maximum absolute atomic E-state index is 13.2. The van der Waals surface area contributed by atoms with Crippen molar-refractivity contribution in [2.75, 3.05) is 19.6 Å². The van der Waals surface area contributed by atoms with E-state index in [0.29, 0.717) is 18.8 Å². The molecule has 2 aliphatic heterocycles. The van der Waals surface area contributed by atoms with Crippen LogP contribution in [0.2, 0.25) is 0 Å². The Hall–Kier alpha value is -1.90. The van der Waals surface area contributed by atoms with Gasteiger partial charge in [0.25, 0.3) is 0 Å². The lowest BCUT2D eigenvalue weighted by Crippen LogP contribution is -2.51. The van der Waals surface area contributed by atoms with Gasteiger partial charge in [-0.25, -0.2) is 8.42 Å². The second-order valence-electron chi connectivity index (χ2n) is 7.86. The molecule has 4 rings (SSSR count). The molecule has 0 bridgehead atoms. The van der Waals surface area contributed by atoms with E-state index < -0.39 is 15.6 Å². The fraction of sp³-hybridized carbons (Fsp3) is 0.526. The summed E-state index contributed by atoms with van der Waals surface area (Å²) >= 11 is 0. The molecule has 7 nitrogen and oxygen atoms in total. The van der Waals surface area contributed by atoms with Gasteiger partial charge in [0.05, 0.1) is 12.7 Å². The average molecular weight is 391 g/mol. The Balaban J connectivity index is 1.65. The minimum Gasteiger partial charge on any atom is -0.483 e. The second kappa shape index (κ2) is 6.61. The molecule has 27 heavy (non-hydrogen) atoms. The van der Waals surface area contributed by atoms with E-state index >= 15 is 0 Å². The van der Waals surface area contributed by atoms with Crippen LogP contribution in [-0.2, 0) is 23.6 Å². The number of fused-ring (bicyclic) bond motifs is 1. The van der Waals surface area contributed by atoms with Gasteiger partial charge >= 0.3 is 0 Å². The van der Waals surface area contributed by atoms with Crippen molar-refractivity contribution in [1.82, 2.24) is 19.0 Å². The number of para-hydroxylation sites is 1. The normalized spacial score (nSPS) is 25.5. The Morgan fingerprint density at radius 3 is 2.74 bits per heavy atom. The molecule has 0 amide bonds. The van der Waals surface area contributed by atoms with Crippen molar-refractivity contribution in [2.45, 2.75) is 43.4 Å². The molecule has 146 valence electrons. The third kappa shape index (κ3) is 3.37. The number of ether oxygens (including phenoxy) is 1. The molecule has 1 saturated heterocycles. The zero-order valence-electron chi connectivity index (χ0n) is 16.0. The molecule has 0 radical (unpaired) electrons. The minimum absolute atomic E-state index is 0.131. The summed E-state index contributed by atoms with van der Waals surface area (Å²) in [6, 6.07) is 6.85. The van der Waals surface area contributed by atoms with Crippen LogP contribution in [0.5, 0.6) is 5.75 Å². The van der Waals surface area contributed by atoms with Crippen LogP contribution in [-0.4, -0.2) is 58.7 Å². The number of rotatable bonds is 3. The van der Waals surface area contributed by atoms with Crippen molar-refractivity contribution in [3.05, 3.63) is 42.2 Å². The average Bonchev–Trinajstić information content (AvgIpc) is 3.17. The summed E-state index contributed by atoms with van der Waals surface area (Å²) in [6.45, 7) is 6.54. The fourth-order valence-electron chi connectivity index (χ4n) is 4.06. The predicted molar refractivity (Wildman–Crippen MR) is 102 cm³/mol. The van der Waals surface area contributed by atoms with Gasteiger partial charge in [0.15, 0.2) is 0 Å². The molecule has 2 aliphatic rings. The van der Waals surface area contributed by atoms with Gasteiger partial charge in [-0.05, 0) is 26.0 Å². The van der Waals surface area contributed by atoms with E-state index in [1.807, 2.05) is 39.4 Å². The van der Waals surface area contributed by atoms with E-state index in [-0.39, 0.29) is 10.9 Å². The lowest BCUT2D eigenvalue weighted by molar-refractivity contribution is 0.0532. The second-order valence-corrected chi connectivity index (χ2v) is 9.72. The van der Waals surface area contributed by atoms with Crippen LogP contribution < -0.4 is 4.74 Å². The molecule has 1 spiro atoms. The zero-order valence-corrected chi connectivity index (χ0v) is 16.8. The molecule has 1 aromatic heterocycles. The fourth-order valence-corrected chi connectivity index (χ4v) is 5.88. The molecule has 1 atom stereocenters. The number of aryl methyl sites for hydroxylation is 1. The summed E-state index contributed by atoms with van der Waals surface area (Å²) in [5.41, 5.74) is 0.614. The van der Waals surface area contributed by atoms with Crippen molar-refractivity contribution >= 4 is 10.0 Å². The van der Waals surface area contributed by atoms with E-state index in [1.165, 1.54) is 0 Å². The molecular formula is C19H26N4O3S. The van der Waals surface area contributed by atoms with Crippen LogP contribution in [0, 0.1) is 0 Å². The van der Waals surface area contributed by atoms with Gasteiger partial charge < -0.3 is 4.74 Å². The Labute approximate surface area is 160 Å². The molecule has 1 unspecified atom stereocenters. The summed E-state index contributed by atoms with van der Waals surface area (Å²) in [6.07, 6.45) is 4.68. The monoisotopic (exact) mass is 390 g/mol. The third-order valence-electron chi connectivity index (χ3n) is 5.34. The number of likely N-dealkylation sites (tertiary alicyclic amines) is 1. The smallest absolute Gasteiger partial charge is 0.247 e. The highest BCUT2D eigenvalue weighted by Crippen LogP contribution is 2.39. The Morgan fingerprint density at radius 1 is 1.26 bits per heavy atom. The van der Waals surface area contributed by atoms with Crippen molar-refractivity contribution in [3.8, 4) is 5.75 Å². The highest BCUT2D eigenvalue weighted by molar-refractivity contribution is 7.89. The minimum atomic E-state index is -3.58. The van der Waals surface area contributed by atoms with Crippen LogP contribution in [0.15, 0.2) is 41.6 Å². The number of aromatic nitrogens is 2. The first-order chi connectivity index (χ1) is 12.8. The first-order valence-corrected chi connectivity index (χ1v) is 10.7. The van der Waals surface area contributed by atoms with E-state index in [2.05, 4.69) is 10.00 Å². The van der Waals surface area contributed by atoms with Crippen LogP contribution in [0.3, 0.4) is 0 Å². The standard InChI is InChI=1S/C19H26N4O3S/c1-15(2)23-14-19(26-17-6-4-5-7-18(17)27(23,24)25)8-9-22(13-19)12-16-10-20-21(3)11-16/h4-7,10-11,15H,8-9,12-14H2,1-3H3. The summed E-state index contributed by atoms with van der Waals surface area (Å²) in [4.78, 5) is 2.58. The lowest BCUT2D eigenvalue weighted by atomic mass is 10.0. The van der Waals surface area contributed by atoms with Crippen LogP contribution in [0.25, 0.3) is 0 Å². The number of sulfonamides is 1. The molecule has 0 saturated carbocycles. The van der Waals surface area contributed by atoms with Crippen LogP contribution in [0.4, 0.5) is 0 Å². The van der Waals surface area contributed by atoms with E-state index in [0.717, 1.165) is 25.1 Å². The highest BCUT2D eigenvalue weighted by atomic mass is 32.2. The van der Waals surface area contributed by atoms with Gasteiger partial charge in [-0.2, -0.15) is 9.40 Å². The van der Waals surface area contributed by atoms with Crippen molar-refractivity contribution in [3.63, 3.8) is 0 Å². The SMILES string of the molecule is CC(C)N1CC2(CCN(Cc3cnn(C)c3)C2)Oc2ccccc2S1(=O)=O. The van der Waals surface area contributed by atoms with Crippen LogP contribution in [0.1, 0.15) is 25.8 Å². The van der Waals surface area contributed by atoms with Crippen molar-refractivity contribution in [1.29, 1.82) is 0 Å². The Bertz CT molecular complexity index is 940. The van der Waals surface area contributed by atoms with Crippen molar-refractivity contribution in [2.24, 2.45) is 7.05 Å².